The molecule has 1 atom stereocenters. The molecule has 1 aliphatic rings. The summed E-state index contributed by atoms with van der Waals surface area (Å²) in [6.07, 6.45) is 4.58. The molecule has 0 radical (unpaired) electrons. The Morgan fingerprint density at radius 3 is 2.53 bits per heavy atom. The zero-order chi connectivity index (χ0) is 14.3. The van der Waals surface area contributed by atoms with E-state index in [0.29, 0.717) is 13.2 Å². The van der Waals surface area contributed by atoms with Gasteiger partial charge in [-0.05, 0) is 33.1 Å². The highest BCUT2D eigenvalue weighted by Gasteiger charge is 2.41. The van der Waals surface area contributed by atoms with Crippen molar-refractivity contribution in [1.82, 2.24) is 5.32 Å². The van der Waals surface area contributed by atoms with Crippen molar-refractivity contribution in [1.29, 1.82) is 0 Å². The number of hydrogen-bond donors (Lipinski definition) is 2. The molecule has 0 bridgehead atoms. The minimum Gasteiger partial charge on any atom is -0.481 e. The molecule has 5 nitrogen and oxygen atoms in total. The van der Waals surface area contributed by atoms with Gasteiger partial charge >= 0.3 is 5.97 Å². The van der Waals surface area contributed by atoms with Crippen molar-refractivity contribution in [2.45, 2.75) is 58.4 Å². The quantitative estimate of drug-likeness (QED) is 0.662. The van der Waals surface area contributed by atoms with Crippen LogP contribution in [-0.4, -0.2) is 36.2 Å². The van der Waals surface area contributed by atoms with Crippen LogP contribution in [0.15, 0.2) is 0 Å². The van der Waals surface area contributed by atoms with Gasteiger partial charge in [0.1, 0.15) is 0 Å². The van der Waals surface area contributed by atoms with Gasteiger partial charge in [-0.3, -0.25) is 9.59 Å². The van der Waals surface area contributed by atoms with Gasteiger partial charge in [-0.2, -0.15) is 0 Å². The maximum atomic E-state index is 12.4. The van der Waals surface area contributed by atoms with Gasteiger partial charge in [0, 0.05) is 19.3 Å². The Hall–Kier alpha value is -1.10. The Bertz CT molecular complexity index is 311. The topological polar surface area (TPSA) is 75.6 Å². The highest BCUT2D eigenvalue weighted by Crippen LogP contribution is 2.41. The van der Waals surface area contributed by atoms with Crippen molar-refractivity contribution in [3.05, 3.63) is 0 Å². The van der Waals surface area contributed by atoms with E-state index in [9.17, 15) is 9.59 Å². The maximum absolute atomic E-state index is 12.4. The Kier molecular flexibility index (Phi) is 6.28. The maximum Gasteiger partial charge on any atom is 0.305 e. The van der Waals surface area contributed by atoms with Crippen molar-refractivity contribution < 1.29 is 19.4 Å². The van der Waals surface area contributed by atoms with Crippen molar-refractivity contribution in [3.63, 3.8) is 0 Å². The van der Waals surface area contributed by atoms with Gasteiger partial charge in [-0.1, -0.05) is 12.8 Å². The Balaban J connectivity index is 2.54. The summed E-state index contributed by atoms with van der Waals surface area (Å²) in [6, 6.07) is -0.324. The Labute approximate surface area is 114 Å². The lowest BCUT2D eigenvalue weighted by molar-refractivity contribution is -0.138. The summed E-state index contributed by atoms with van der Waals surface area (Å²) < 4.78 is 5.37. The van der Waals surface area contributed by atoms with E-state index in [0.717, 1.165) is 32.1 Å². The molecular formula is C14H25NO4. The lowest BCUT2D eigenvalue weighted by Crippen LogP contribution is -2.44. The zero-order valence-corrected chi connectivity index (χ0v) is 11.9. The van der Waals surface area contributed by atoms with Gasteiger partial charge in [0.25, 0.3) is 0 Å². The highest BCUT2D eigenvalue weighted by atomic mass is 16.5. The van der Waals surface area contributed by atoms with Gasteiger partial charge in [0.15, 0.2) is 0 Å². The SMILES string of the molecule is CCOCCC1(C(=O)NC(C)CC(=O)O)CCCC1. The average Bonchev–Trinajstić information content (AvgIpc) is 2.78. The molecule has 1 saturated carbocycles. The van der Waals surface area contributed by atoms with Crippen LogP contribution in [-0.2, 0) is 14.3 Å². The van der Waals surface area contributed by atoms with Crippen LogP contribution in [0.3, 0.4) is 0 Å². The number of rotatable bonds is 8. The summed E-state index contributed by atoms with van der Waals surface area (Å²) in [5.41, 5.74) is -0.345. The molecule has 1 amide bonds. The van der Waals surface area contributed by atoms with Crippen molar-refractivity contribution in [2.24, 2.45) is 5.41 Å². The van der Waals surface area contributed by atoms with Crippen molar-refractivity contribution in [2.75, 3.05) is 13.2 Å². The molecule has 110 valence electrons. The summed E-state index contributed by atoms with van der Waals surface area (Å²) in [5, 5.41) is 11.6. The standard InChI is InChI=1S/C14H25NO4/c1-3-19-9-8-14(6-4-5-7-14)13(18)15-11(2)10-12(16)17/h11H,3-10H2,1-2H3,(H,15,18)(H,16,17). The molecule has 1 fully saturated rings. The van der Waals surface area contributed by atoms with Gasteiger partial charge in [0.05, 0.1) is 11.8 Å². The van der Waals surface area contributed by atoms with Crippen LogP contribution in [0.5, 0.6) is 0 Å². The molecule has 19 heavy (non-hydrogen) atoms. The van der Waals surface area contributed by atoms with E-state index in [4.69, 9.17) is 9.84 Å². The number of carbonyl (C=O) groups is 2. The number of carboxylic acids is 1. The highest BCUT2D eigenvalue weighted by molar-refractivity contribution is 5.83. The molecule has 0 saturated heterocycles. The molecule has 1 aliphatic carbocycles. The second-order valence-corrected chi connectivity index (χ2v) is 5.41. The van der Waals surface area contributed by atoms with E-state index in [2.05, 4.69) is 5.32 Å². The normalized spacial score (nSPS) is 19.1. The van der Waals surface area contributed by atoms with Crippen LogP contribution in [0, 0.1) is 5.41 Å². The van der Waals surface area contributed by atoms with Crippen LogP contribution in [0.4, 0.5) is 0 Å². The fourth-order valence-electron chi connectivity index (χ4n) is 2.74. The minimum atomic E-state index is -0.886. The van der Waals surface area contributed by atoms with Crippen LogP contribution < -0.4 is 5.32 Å². The molecule has 1 rings (SSSR count). The predicted octanol–water partition coefficient (Wildman–Crippen LogP) is 1.95. The smallest absolute Gasteiger partial charge is 0.305 e. The zero-order valence-electron chi connectivity index (χ0n) is 11.9. The first-order valence-electron chi connectivity index (χ1n) is 7.10. The molecule has 0 aromatic carbocycles. The summed E-state index contributed by atoms with van der Waals surface area (Å²) in [5.74, 6) is -0.888. The third-order valence-corrected chi connectivity index (χ3v) is 3.83. The second-order valence-electron chi connectivity index (χ2n) is 5.41. The van der Waals surface area contributed by atoms with Gasteiger partial charge in [0.2, 0.25) is 5.91 Å². The molecular weight excluding hydrogens is 246 g/mol. The Morgan fingerprint density at radius 2 is 2.00 bits per heavy atom. The Morgan fingerprint density at radius 1 is 1.37 bits per heavy atom. The van der Waals surface area contributed by atoms with E-state index in [1.807, 2.05) is 6.92 Å². The third kappa shape index (κ3) is 4.82. The molecule has 5 heteroatoms. The fraction of sp³-hybridized carbons (Fsp3) is 0.857. The summed E-state index contributed by atoms with van der Waals surface area (Å²) in [4.78, 5) is 23.0. The number of aliphatic carboxylic acids is 1. The third-order valence-electron chi connectivity index (χ3n) is 3.83. The van der Waals surface area contributed by atoms with E-state index in [1.165, 1.54) is 0 Å². The van der Waals surface area contributed by atoms with Gasteiger partial charge in [-0.15, -0.1) is 0 Å². The van der Waals surface area contributed by atoms with Gasteiger partial charge < -0.3 is 15.2 Å². The van der Waals surface area contributed by atoms with Crippen molar-refractivity contribution >= 4 is 11.9 Å². The first-order chi connectivity index (χ1) is 9.00. The largest absolute Gasteiger partial charge is 0.481 e. The number of amides is 1. The molecule has 1 unspecified atom stereocenters. The van der Waals surface area contributed by atoms with E-state index in [1.54, 1.807) is 6.92 Å². The molecule has 2 N–H and O–H groups in total. The summed E-state index contributed by atoms with van der Waals surface area (Å²) in [6.45, 7) is 4.93. The molecule has 0 spiro atoms. The number of hydrogen-bond acceptors (Lipinski definition) is 3. The van der Waals surface area contributed by atoms with E-state index >= 15 is 0 Å². The number of carbonyl (C=O) groups excluding carboxylic acids is 1. The monoisotopic (exact) mass is 271 g/mol. The van der Waals surface area contributed by atoms with E-state index < -0.39 is 5.97 Å². The first kappa shape index (κ1) is 16.0. The lowest BCUT2D eigenvalue weighted by Gasteiger charge is -2.29. The number of nitrogens with one attached hydrogen (secondary N) is 1. The van der Waals surface area contributed by atoms with Crippen LogP contribution >= 0.6 is 0 Å². The number of carboxylic acid groups (broad SMARTS) is 1. The second kappa shape index (κ2) is 7.48. The van der Waals surface area contributed by atoms with Crippen LogP contribution in [0.25, 0.3) is 0 Å². The first-order valence-corrected chi connectivity index (χ1v) is 7.10. The van der Waals surface area contributed by atoms with E-state index in [-0.39, 0.29) is 23.8 Å². The molecule has 0 aromatic rings. The molecule has 0 aromatic heterocycles. The van der Waals surface area contributed by atoms with Gasteiger partial charge in [-0.25, -0.2) is 0 Å². The van der Waals surface area contributed by atoms with Crippen molar-refractivity contribution in [3.8, 4) is 0 Å². The number of ether oxygens (including phenoxy) is 1. The summed E-state index contributed by atoms with van der Waals surface area (Å²) in [7, 11) is 0. The lowest BCUT2D eigenvalue weighted by atomic mass is 9.81. The molecule has 0 heterocycles. The minimum absolute atomic E-state index is 0.00143. The average molecular weight is 271 g/mol. The predicted molar refractivity (Wildman–Crippen MR) is 71.9 cm³/mol. The fourth-order valence-corrected chi connectivity index (χ4v) is 2.74. The summed E-state index contributed by atoms with van der Waals surface area (Å²) >= 11 is 0. The molecule has 0 aliphatic heterocycles. The van der Waals surface area contributed by atoms with Crippen LogP contribution in [0.2, 0.25) is 0 Å². The van der Waals surface area contributed by atoms with Crippen LogP contribution in [0.1, 0.15) is 52.4 Å².